The number of nitrogens with zero attached hydrogens (tertiary/aromatic N) is 1. The molecule has 6 heteroatoms. The number of imide groups is 1. The van der Waals surface area contributed by atoms with Crippen LogP contribution < -0.4 is 16.8 Å². The van der Waals surface area contributed by atoms with Gasteiger partial charge >= 0.3 is 6.03 Å². The first-order chi connectivity index (χ1) is 6.08. The minimum Gasteiger partial charge on any atom is -0.351 e. The van der Waals surface area contributed by atoms with Crippen LogP contribution in [0.3, 0.4) is 0 Å². The van der Waals surface area contributed by atoms with Gasteiger partial charge in [-0.3, -0.25) is 15.0 Å². The molecule has 0 saturated carbocycles. The molecule has 0 aromatic heterocycles. The normalized spacial score (nSPS) is 23.0. The Morgan fingerprint density at radius 2 is 2.23 bits per heavy atom. The van der Waals surface area contributed by atoms with E-state index in [1.54, 1.807) is 0 Å². The summed E-state index contributed by atoms with van der Waals surface area (Å²) < 4.78 is 0. The first-order valence-corrected chi connectivity index (χ1v) is 4.15. The number of likely N-dealkylation sites (tertiary alicyclic amines) is 1. The van der Waals surface area contributed by atoms with Crippen molar-refractivity contribution in [2.75, 3.05) is 19.6 Å². The van der Waals surface area contributed by atoms with E-state index in [0.717, 1.165) is 13.0 Å². The topological polar surface area (TPSA) is 101 Å². The van der Waals surface area contributed by atoms with E-state index >= 15 is 0 Å². The Morgan fingerprint density at radius 3 is 2.69 bits per heavy atom. The Kier molecular flexibility index (Phi) is 3.21. The Balaban J connectivity index is 2.24. The second kappa shape index (κ2) is 4.20. The van der Waals surface area contributed by atoms with Gasteiger partial charge < -0.3 is 11.5 Å². The van der Waals surface area contributed by atoms with E-state index < -0.39 is 6.03 Å². The molecule has 74 valence electrons. The highest BCUT2D eigenvalue weighted by atomic mass is 16.2. The molecule has 1 fully saturated rings. The Hall–Kier alpha value is -1.14. The van der Waals surface area contributed by atoms with Crippen LogP contribution in [-0.4, -0.2) is 42.5 Å². The lowest BCUT2D eigenvalue weighted by atomic mass is 10.3. The molecule has 0 bridgehead atoms. The third-order valence-corrected chi connectivity index (χ3v) is 1.94. The van der Waals surface area contributed by atoms with Crippen LogP contribution in [0.5, 0.6) is 0 Å². The molecular formula is C7H14N4O2. The summed E-state index contributed by atoms with van der Waals surface area (Å²) in [5.41, 5.74) is 10.4. The van der Waals surface area contributed by atoms with Gasteiger partial charge in [-0.05, 0) is 6.42 Å². The third-order valence-electron chi connectivity index (χ3n) is 1.94. The van der Waals surface area contributed by atoms with Crippen molar-refractivity contribution in [3.63, 3.8) is 0 Å². The van der Waals surface area contributed by atoms with Crippen molar-refractivity contribution >= 4 is 11.9 Å². The zero-order valence-electron chi connectivity index (χ0n) is 7.32. The molecule has 0 aliphatic carbocycles. The van der Waals surface area contributed by atoms with Gasteiger partial charge in [0.1, 0.15) is 0 Å². The van der Waals surface area contributed by atoms with Crippen LogP contribution in [0.25, 0.3) is 0 Å². The quantitative estimate of drug-likeness (QED) is 0.474. The molecule has 3 amide bonds. The maximum Gasteiger partial charge on any atom is 0.318 e. The number of amides is 3. The second-order valence-corrected chi connectivity index (χ2v) is 3.20. The second-order valence-electron chi connectivity index (χ2n) is 3.20. The number of carbonyl (C=O) groups excluding carboxylic acids is 2. The van der Waals surface area contributed by atoms with E-state index in [4.69, 9.17) is 11.5 Å². The summed E-state index contributed by atoms with van der Waals surface area (Å²) in [7, 11) is 0. The summed E-state index contributed by atoms with van der Waals surface area (Å²) >= 11 is 0. The van der Waals surface area contributed by atoms with Gasteiger partial charge in [0.05, 0.1) is 6.54 Å². The molecule has 0 aromatic rings. The number of hydrogen-bond acceptors (Lipinski definition) is 4. The van der Waals surface area contributed by atoms with Gasteiger partial charge in [0.25, 0.3) is 0 Å². The monoisotopic (exact) mass is 186 g/mol. The van der Waals surface area contributed by atoms with Gasteiger partial charge in [-0.25, -0.2) is 4.79 Å². The molecule has 1 rings (SSSR count). The maximum absolute atomic E-state index is 11.0. The first kappa shape index (κ1) is 9.94. The van der Waals surface area contributed by atoms with Gasteiger partial charge in [-0.1, -0.05) is 0 Å². The number of hydrogen-bond donors (Lipinski definition) is 3. The molecule has 0 unspecified atom stereocenters. The molecule has 0 radical (unpaired) electrons. The fraction of sp³-hybridized carbons (Fsp3) is 0.714. The highest BCUT2D eigenvalue weighted by Crippen LogP contribution is 2.05. The SMILES string of the molecule is NC(=O)NC(=O)CN1CC[C@@H](N)C1. The van der Waals surface area contributed by atoms with E-state index in [1.165, 1.54) is 0 Å². The van der Waals surface area contributed by atoms with Crippen molar-refractivity contribution in [3.05, 3.63) is 0 Å². The van der Waals surface area contributed by atoms with Gasteiger partial charge in [-0.2, -0.15) is 0 Å². The van der Waals surface area contributed by atoms with Crippen LogP contribution in [0.15, 0.2) is 0 Å². The van der Waals surface area contributed by atoms with Gasteiger partial charge in [0, 0.05) is 19.1 Å². The average molecular weight is 186 g/mol. The van der Waals surface area contributed by atoms with Crippen molar-refractivity contribution in [1.82, 2.24) is 10.2 Å². The highest BCUT2D eigenvalue weighted by Gasteiger charge is 2.21. The van der Waals surface area contributed by atoms with Crippen LogP contribution in [0, 0.1) is 0 Å². The van der Waals surface area contributed by atoms with E-state index in [2.05, 4.69) is 0 Å². The minimum atomic E-state index is -0.812. The lowest BCUT2D eigenvalue weighted by Gasteiger charge is -2.13. The van der Waals surface area contributed by atoms with E-state index in [-0.39, 0.29) is 18.5 Å². The minimum absolute atomic E-state index is 0.140. The molecule has 1 heterocycles. The van der Waals surface area contributed by atoms with Crippen molar-refractivity contribution in [2.24, 2.45) is 11.5 Å². The Labute approximate surface area is 76.2 Å². The Morgan fingerprint density at radius 1 is 1.54 bits per heavy atom. The molecule has 0 spiro atoms. The lowest BCUT2D eigenvalue weighted by molar-refractivity contribution is -0.120. The number of urea groups is 1. The molecule has 0 aromatic carbocycles. The number of rotatable bonds is 2. The van der Waals surface area contributed by atoms with E-state index in [1.807, 2.05) is 10.2 Å². The predicted molar refractivity (Wildman–Crippen MR) is 46.8 cm³/mol. The summed E-state index contributed by atoms with van der Waals surface area (Å²) in [4.78, 5) is 23.2. The highest BCUT2D eigenvalue weighted by molar-refractivity contribution is 5.94. The average Bonchev–Trinajstić information content (AvgIpc) is 2.33. The van der Waals surface area contributed by atoms with Crippen LogP contribution in [0.1, 0.15) is 6.42 Å². The molecule has 1 saturated heterocycles. The van der Waals surface area contributed by atoms with Crippen LogP contribution in [-0.2, 0) is 4.79 Å². The van der Waals surface area contributed by atoms with E-state index in [0.29, 0.717) is 6.54 Å². The summed E-state index contributed by atoms with van der Waals surface area (Å²) in [6.45, 7) is 1.69. The molecule has 6 nitrogen and oxygen atoms in total. The van der Waals surface area contributed by atoms with Gasteiger partial charge in [0.2, 0.25) is 5.91 Å². The van der Waals surface area contributed by atoms with Crippen molar-refractivity contribution in [2.45, 2.75) is 12.5 Å². The molecule has 5 N–H and O–H groups in total. The maximum atomic E-state index is 11.0. The molecule has 1 atom stereocenters. The lowest BCUT2D eigenvalue weighted by Crippen LogP contribution is -2.42. The first-order valence-electron chi connectivity index (χ1n) is 4.15. The summed E-state index contributed by atoms with van der Waals surface area (Å²) in [6, 6.07) is -0.671. The predicted octanol–water partition coefficient (Wildman–Crippen LogP) is -1.79. The molecule has 1 aliphatic heterocycles. The van der Waals surface area contributed by atoms with Crippen molar-refractivity contribution in [1.29, 1.82) is 0 Å². The van der Waals surface area contributed by atoms with Crippen LogP contribution >= 0.6 is 0 Å². The third kappa shape index (κ3) is 3.39. The summed E-state index contributed by atoms with van der Waals surface area (Å²) in [5, 5.41) is 2.00. The molecule has 1 aliphatic rings. The molecule has 13 heavy (non-hydrogen) atoms. The van der Waals surface area contributed by atoms with Crippen molar-refractivity contribution in [3.8, 4) is 0 Å². The Bertz CT molecular complexity index is 219. The number of nitrogens with two attached hydrogens (primary N) is 2. The fourth-order valence-electron chi connectivity index (χ4n) is 1.39. The number of nitrogens with one attached hydrogen (secondary N) is 1. The number of carbonyl (C=O) groups is 2. The zero-order valence-corrected chi connectivity index (χ0v) is 7.32. The summed E-state index contributed by atoms with van der Waals surface area (Å²) in [5.74, 6) is -0.374. The largest absolute Gasteiger partial charge is 0.351 e. The summed E-state index contributed by atoms with van der Waals surface area (Å²) in [6.07, 6.45) is 0.893. The van der Waals surface area contributed by atoms with E-state index in [9.17, 15) is 9.59 Å². The van der Waals surface area contributed by atoms with Crippen molar-refractivity contribution < 1.29 is 9.59 Å². The van der Waals surface area contributed by atoms with Crippen LogP contribution in [0.2, 0.25) is 0 Å². The molecular weight excluding hydrogens is 172 g/mol. The van der Waals surface area contributed by atoms with Gasteiger partial charge in [0.15, 0.2) is 0 Å². The fourth-order valence-corrected chi connectivity index (χ4v) is 1.39. The van der Waals surface area contributed by atoms with Crippen LogP contribution in [0.4, 0.5) is 4.79 Å². The van der Waals surface area contributed by atoms with Gasteiger partial charge in [-0.15, -0.1) is 0 Å². The zero-order chi connectivity index (χ0) is 9.84. The standard InChI is InChI=1S/C7H14N4O2/c8-5-1-2-11(3-5)4-6(12)10-7(9)13/h5H,1-4,8H2,(H3,9,10,12,13)/t5-/m1/s1. The smallest absolute Gasteiger partial charge is 0.318 e. The number of primary amides is 1.